The highest BCUT2D eigenvalue weighted by molar-refractivity contribution is 5.96. The number of nitrogen functional groups attached to an aromatic ring is 1. The summed E-state index contributed by atoms with van der Waals surface area (Å²) < 4.78 is 8.45. The van der Waals surface area contributed by atoms with Gasteiger partial charge in [-0.05, 0) is 38.0 Å². The smallest absolute Gasteiger partial charge is 0.332 e. The molecule has 2 aliphatic carbocycles. The average Bonchev–Trinajstić information content (AvgIpc) is 3.05. The van der Waals surface area contributed by atoms with Gasteiger partial charge in [0.2, 0.25) is 0 Å². The summed E-state index contributed by atoms with van der Waals surface area (Å²) in [5.41, 5.74) is 3.38. The molecule has 0 aromatic carbocycles. The normalized spacial score (nSPS) is 33.9. The summed E-state index contributed by atoms with van der Waals surface area (Å²) in [6.07, 6.45) is 4.56. The van der Waals surface area contributed by atoms with E-state index in [1.807, 2.05) is 20.8 Å². The van der Waals surface area contributed by atoms with E-state index in [0.717, 1.165) is 6.42 Å². The molecule has 3 unspecified atom stereocenters. The van der Waals surface area contributed by atoms with Gasteiger partial charge >= 0.3 is 11.7 Å². The molecule has 0 bridgehead atoms. The van der Waals surface area contributed by atoms with E-state index >= 15 is 0 Å². The summed E-state index contributed by atoms with van der Waals surface area (Å²) in [5.74, 6) is -0.0301. The first-order chi connectivity index (χ1) is 13.6. The van der Waals surface area contributed by atoms with Crippen LogP contribution >= 0.6 is 0 Å². The number of hydrogen-bond acceptors (Lipinski definition) is 6. The number of nitrogens with two attached hydrogens (primary N) is 1. The summed E-state index contributed by atoms with van der Waals surface area (Å²) in [4.78, 5) is 42.7. The lowest BCUT2D eigenvalue weighted by atomic mass is 9.62. The molecule has 29 heavy (non-hydrogen) atoms. The second kappa shape index (κ2) is 5.83. The number of nitrogens with zero attached hydrogens (tertiary/aromatic N) is 3. The van der Waals surface area contributed by atoms with Gasteiger partial charge in [0.15, 0.2) is 11.4 Å². The van der Waals surface area contributed by atoms with E-state index in [4.69, 9.17) is 10.5 Å². The predicted molar refractivity (Wildman–Crippen MR) is 110 cm³/mol. The van der Waals surface area contributed by atoms with E-state index in [1.165, 1.54) is 9.13 Å². The number of ether oxygens (including phenoxy) is 1. The maximum Gasteiger partial charge on any atom is 0.332 e. The molecule has 2 heterocycles. The zero-order valence-electron chi connectivity index (χ0n) is 17.9. The maximum atomic E-state index is 12.9. The standard InChI is InChI=1S/C21H30N4O4/c1-6-10-24-14(13(22)15(26)25(11-7-2)17(24)28)23-12-20-8-9-21(20)18(3,4)19(21,5)16(27)29-20/h12H,6-11,22H2,1-5H3/b23-12+. The topological polar surface area (TPSA) is 109 Å². The summed E-state index contributed by atoms with van der Waals surface area (Å²) in [6, 6.07) is 0. The number of carbonyl (C=O) groups excluding carboxylic acids is 1. The van der Waals surface area contributed by atoms with Crippen LogP contribution in [0.15, 0.2) is 14.6 Å². The third-order valence-corrected chi connectivity index (χ3v) is 8.11. The molecule has 2 saturated carbocycles. The van der Waals surface area contributed by atoms with Gasteiger partial charge in [-0.25, -0.2) is 9.79 Å². The van der Waals surface area contributed by atoms with Gasteiger partial charge in [-0.2, -0.15) is 0 Å². The fraction of sp³-hybridized carbons (Fsp3) is 0.714. The van der Waals surface area contributed by atoms with Crippen LogP contribution in [0.3, 0.4) is 0 Å². The van der Waals surface area contributed by atoms with Crippen LogP contribution in [0.1, 0.15) is 60.3 Å². The van der Waals surface area contributed by atoms with Gasteiger partial charge in [0.1, 0.15) is 5.69 Å². The molecule has 8 nitrogen and oxygen atoms in total. The molecule has 2 N–H and O–H groups in total. The monoisotopic (exact) mass is 402 g/mol. The van der Waals surface area contributed by atoms with Crippen molar-refractivity contribution in [3.63, 3.8) is 0 Å². The Morgan fingerprint density at radius 1 is 1.07 bits per heavy atom. The van der Waals surface area contributed by atoms with Crippen molar-refractivity contribution < 1.29 is 9.53 Å². The molecule has 1 spiro atoms. The Morgan fingerprint density at radius 2 is 1.69 bits per heavy atom. The molecule has 1 saturated heterocycles. The van der Waals surface area contributed by atoms with Crippen molar-refractivity contribution in [2.75, 3.05) is 5.73 Å². The van der Waals surface area contributed by atoms with Crippen molar-refractivity contribution >= 4 is 23.7 Å². The molecule has 1 aliphatic heterocycles. The largest absolute Gasteiger partial charge is 0.452 e. The Hall–Kier alpha value is -2.38. The van der Waals surface area contributed by atoms with E-state index in [2.05, 4.69) is 18.8 Å². The first-order valence-electron chi connectivity index (χ1n) is 10.5. The van der Waals surface area contributed by atoms with Gasteiger partial charge in [0, 0.05) is 18.5 Å². The van der Waals surface area contributed by atoms with Crippen molar-refractivity contribution in [3.05, 3.63) is 20.8 Å². The number of hydrogen-bond donors (Lipinski definition) is 1. The van der Waals surface area contributed by atoms with Gasteiger partial charge < -0.3 is 10.5 Å². The van der Waals surface area contributed by atoms with Crippen molar-refractivity contribution in [1.82, 2.24) is 9.13 Å². The minimum Gasteiger partial charge on any atom is -0.452 e. The Morgan fingerprint density at radius 3 is 2.21 bits per heavy atom. The molecule has 3 aliphatic rings. The van der Waals surface area contributed by atoms with E-state index in [1.54, 1.807) is 6.21 Å². The number of aromatic nitrogens is 2. The Bertz CT molecular complexity index is 1050. The highest BCUT2D eigenvalue weighted by Crippen LogP contribution is 2.92. The van der Waals surface area contributed by atoms with Crippen LogP contribution in [0, 0.1) is 16.2 Å². The molecule has 4 rings (SSSR count). The van der Waals surface area contributed by atoms with Crippen LogP contribution in [-0.4, -0.2) is 26.9 Å². The average molecular weight is 402 g/mol. The number of anilines is 1. The van der Waals surface area contributed by atoms with Crippen molar-refractivity contribution in [3.8, 4) is 0 Å². The van der Waals surface area contributed by atoms with Gasteiger partial charge in [0.25, 0.3) is 5.56 Å². The summed E-state index contributed by atoms with van der Waals surface area (Å²) in [5, 5.41) is 0. The minimum atomic E-state index is -0.792. The molecule has 1 aromatic rings. The second-order valence-corrected chi connectivity index (χ2v) is 9.32. The number of esters is 1. The SMILES string of the molecule is CCCn1c(/N=C/C23CCC24C(C)(C)C4(C)C(=O)O3)c(N)c(=O)n(CCC)c1=O. The van der Waals surface area contributed by atoms with Crippen LogP contribution in [0.4, 0.5) is 11.5 Å². The van der Waals surface area contributed by atoms with E-state index in [-0.39, 0.29) is 28.3 Å². The summed E-state index contributed by atoms with van der Waals surface area (Å²) >= 11 is 0. The van der Waals surface area contributed by atoms with E-state index in [0.29, 0.717) is 32.4 Å². The lowest BCUT2D eigenvalue weighted by molar-refractivity contribution is -0.161. The zero-order valence-corrected chi connectivity index (χ0v) is 17.9. The van der Waals surface area contributed by atoms with Crippen LogP contribution in [0.2, 0.25) is 0 Å². The lowest BCUT2D eigenvalue weighted by Crippen LogP contribution is -2.53. The maximum absolute atomic E-state index is 12.9. The Balaban J connectivity index is 1.82. The molecule has 1 aromatic heterocycles. The molecule has 3 fully saturated rings. The molecule has 3 atom stereocenters. The Kier molecular flexibility index (Phi) is 4.00. The fourth-order valence-corrected chi connectivity index (χ4v) is 6.23. The Labute approximate surface area is 169 Å². The predicted octanol–water partition coefficient (Wildman–Crippen LogP) is 2.24. The van der Waals surface area contributed by atoms with E-state index in [9.17, 15) is 14.4 Å². The highest BCUT2D eigenvalue weighted by Gasteiger charge is 2.97. The first-order valence-corrected chi connectivity index (χ1v) is 10.5. The van der Waals surface area contributed by atoms with Crippen LogP contribution in [0.5, 0.6) is 0 Å². The van der Waals surface area contributed by atoms with Crippen molar-refractivity contribution in [1.29, 1.82) is 0 Å². The van der Waals surface area contributed by atoms with Gasteiger partial charge in [-0.3, -0.25) is 18.7 Å². The molecular weight excluding hydrogens is 372 g/mol. The third kappa shape index (κ3) is 1.95. The molecule has 0 radical (unpaired) electrons. The summed E-state index contributed by atoms with van der Waals surface area (Å²) in [6.45, 7) is 10.7. The van der Waals surface area contributed by atoms with Gasteiger partial charge in [-0.15, -0.1) is 0 Å². The molecule has 0 amide bonds. The van der Waals surface area contributed by atoms with Crippen LogP contribution < -0.4 is 17.0 Å². The molecular formula is C21H30N4O4. The fourth-order valence-electron chi connectivity index (χ4n) is 6.23. The van der Waals surface area contributed by atoms with Gasteiger partial charge in [0.05, 0.1) is 11.6 Å². The molecule has 158 valence electrons. The first kappa shape index (κ1) is 19.9. The van der Waals surface area contributed by atoms with Crippen molar-refractivity contribution in [2.24, 2.45) is 21.2 Å². The number of carbonyl (C=O) groups is 1. The number of aliphatic imine (C=N–C) groups is 1. The number of rotatable bonds is 6. The van der Waals surface area contributed by atoms with E-state index < -0.39 is 22.3 Å². The quantitative estimate of drug-likeness (QED) is 0.580. The van der Waals surface area contributed by atoms with Crippen molar-refractivity contribution in [2.45, 2.75) is 79.0 Å². The molecule has 8 heteroatoms. The minimum absolute atomic E-state index is 0.0466. The second-order valence-electron chi connectivity index (χ2n) is 9.32. The van der Waals surface area contributed by atoms with Crippen LogP contribution in [0.25, 0.3) is 0 Å². The highest BCUT2D eigenvalue weighted by atomic mass is 16.6. The zero-order chi connectivity index (χ0) is 21.4. The summed E-state index contributed by atoms with van der Waals surface area (Å²) in [7, 11) is 0. The van der Waals surface area contributed by atoms with Crippen LogP contribution in [-0.2, 0) is 22.6 Å². The van der Waals surface area contributed by atoms with Gasteiger partial charge in [-0.1, -0.05) is 27.7 Å². The lowest BCUT2D eigenvalue weighted by Gasteiger charge is -2.46. The third-order valence-electron chi connectivity index (χ3n) is 8.11.